The van der Waals surface area contributed by atoms with Gasteiger partial charge >= 0.3 is 0 Å². The summed E-state index contributed by atoms with van der Waals surface area (Å²) >= 11 is 0. The van der Waals surface area contributed by atoms with Crippen LogP contribution in [0.3, 0.4) is 0 Å². The van der Waals surface area contributed by atoms with Gasteiger partial charge in [-0.2, -0.15) is 0 Å². The molecule has 0 spiro atoms. The minimum atomic E-state index is 0.639. The van der Waals surface area contributed by atoms with Gasteiger partial charge in [-0.25, -0.2) is 9.97 Å². The van der Waals surface area contributed by atoms with Gasteiger partial charge in [0.2, 0.25) is 5.95 Å². The zero-order valence-corrected chi connectivity index (χ0v) is 8.46. The van der Waals surface area contributed by atoms with Crippen molar-refractivity contribution in [3.05, 3.63) is 30.6 Å². The van der Waals surface area contributed by atoms with Gasteiger partial charge in [-0.3, -0.25) is 0 Å². The third-order valence-electron chi connectivity index (χ3n) is 2.00. The summed E-state index contributed by atoms with van der Waals surface area (Å²) < 4.78 is 1.90. The number of anilines is 1. The normalized spacial score (nSPS) is 10.2. The summed E-state index contributed by atoms with van der Waals surface area (Å²) in [5, 5.41) is 10.9. The second-order valence-corrected chi connectivity index (χ2v) is 3.11. The highest BCUT2D eigenvalue weighted by atomic mass is 15.2. The summed E-state index contributed by atoms with van der Waals surface area (Å²) in [4.78, 5) is 8.11. The second kappa shape index (κ2) is 4.50. The van der Waals surface area contributed by atoms with Crippen molar-refractivity contribution in [2.75, 3.05) is 11.9 Å². The highest BCUT2D eigenvalue weighted by Gasteiger charge is 2.00. The molecule has 0 saturated carbocycles. The third kappa shape index (κ3) is 2.49. The SMILES string of the molecule is Cn1cnnc1CCNc1ncccn1. The maximum atomic E-state index is 4.05. The molecule has 6 nitrogen and oxygen atoms in total. The highest BCUT2D eigenvalue weighted by molar-refractivity contribution is 5.21. The Kier molecular flexibility index (Phi) is 2.87. The molecule has 0 aliphatic rings. The first kappa shape index (κ1) is 9.57. The molecule has 15 heavy (non-hydrogen) atoms. The van der Waals surface area contributed by atoms with Gasteiger partial charge in [0.05, 0.1) is 0 Å². The van der Waals surface area contributed by atoms with Crippen LogP contribution in [0.25, 0.3) is 0 Å². The Hall–Kier alpha value is -1.98. The minimum absolute atomic E-state index is 0.639. The number of hydrogen-bond acceptors (Lipinski definition) is 5. The van der Waals surface area contributed by atoms with E-state index in [-0.39, 0.29) is 0 Å². The first-order valence-corrected chi connectivity index (χ1v) is 4.70. The molecule has 0 radical (unpaired) electrons. The molecule has 2 aromatic rings. The van der Waals surface area contributed by atoms with Crippen LogP contribution < -0.4 is 5.32 Å². The molecular formula is C9H12N6. The zero-order valence-electron chi connectivity index (χ0n) is 8.46. The van der Waals surface area contributed by atoms with E-state index in [1.54, 1.807) is 24.8 Å². The van der Waals surface area contributed by atoms with E-state index in [2.05, 4.69) is 25.5 Å². The topological polar surface area (TPSA) is 68.5 Å². The number of aromatic nitrogens is 5. The fourth-order valence-corrected chi connectivity index (χ4v) is 1.21. The van der Waals surface area contributed by atoms with Crippen LogP contribution in [-0.2, 0) is 13.5 Å². The van der Waals surface area contributed by atoms with Crippen LogP contribution in [0, 0.1) is 0 Å². The lowest BCUT2D eigenvalue weighted by Crippen LogP contribution is -2.10. The van der Waals surface area contributed by atoms with E-state index in [1.807, 2.05) is 11.6 Å². The maximum absolute atomic E-state index is 4.05. The molecule has 0 amide bonds. The Morgan fingerprint density at radius 2 is 2.13 bits per heavy atom. The quantitative estimate of drug-likeness (QED) is 0.773. The average Bonchev–Trinajstić information content (AvgIpc) is 2.66. The van der Waals surface area contributed by atoms with E-state index in [1.165, 1.54) is 0 Å². The van der Waals surface area contributed by atoms with Gasteiger partial charge < -0.3 is 9.88 Å². The molecule has 78 valence electrons. The largest absolute Gasteiger partial charge is 0.354 e. The maximum Gasteiger partial charge on any atom is 0.222 e. The van der Waals surface area contributed by atoms with Crippen molar-refractivity contribution >= 4 is 5.95 Å². The summed E-state index contributed by atoms with van der Waals surface area (Å²) in [6.45, 7) is 0.747. The average molecular weight is 204 g/mol. The summed E-state index contributed by atoms with van der Waals surface area (Å²) in [6, 6.07) is 1.79. The Morgan fingerprint density at radius 3 is 2.80 bits per heavy atom. The van der Waals surface area contributed by atoms with Crippen LogP contribution in [0.4, 0.5) is 5.95 Å². The zero-order chi connectivity index (χ0) is 10.5. The number of aryl methyl sites for hydroxylation is 1. The Morgan fingerprint density at radius 1 is 1.33 bits per heavy atom. The van der Waals surface area contributed by atoms with E-state index < -0.39 is 0 Å². The summed E-state index contributed by atoms with van der Waals surface area (Å²) in [7, 11) is 1.92. The van der Waals surface area contributed by atoms with Gasteiger partial charge in [-0.05, 0) is 6.07 Å². The Labute approximate surface area is 87.4 Å². The van der Waals surface area contributed by atoms with Crippen LogP contribution in [0.5, 0.6) is 0 Å². The molecule has 0 atom stereocenters. The van der Waals surface area contributed by atoms with E-state index in [0.717, 1.165) is 18.8 Å². The lowest BCUT2D eigenvalue weighted by molar-refractivity contribution is 0.785. The molecule has 1 N–H and O–H groups in total. The van der Waals surface area contributed by atoms with Gasteiger partial charge in [-0.1, -0.05) is 0 Å². The molecule has 0 aliphatic heterocycles. The molecule has 2 rings (SSSR count). The van der Waals surface area contributed by atoms with Crippen molar-refractivity contribution in [2.24, 2.45) is 7.05 Å². The standard InChI is InChI=1S/C9H12N6/c1-15-7-13-14-8(15)3-6-12-9-10-4-2-5-11-9/h2,4-5,7H,3,6H2,1H3,(H,10,11,12). The van der Waals surface area contributed by atoms with Crippen molar-refractivity contribution in [2.45, 2.75) is 6.42 Å². The Balaban J connectivity index is 1.83. The van der Waals surface area contributed by atoms with E-state index in [9.17, 15) is 0 Å². The van der Waals surface area contributed by atoms with Crippen LogP contribution in [0.2, 0.25) is 0 Å². The molecule has 0 aromatic carbocycles. The predicted molar refractivity (Wildman–Crippen MR) is 55.2 cm³/mol. The van der Waals surface area contributed by atoms with Crippen LogP contribution in [0.1, 0.15) is 5.82 Å². The number of hydrogen-bond donors (Lipinski definition) is 1. The van der Waals surface area contributed by atoms with Crippen LogP contribution in [-0.4, -0.2) is 31.3 Å². The van der Waals surface area contributed by atoms with Crippen molar-refractivity contribution < 1.29 is 0 Å². The predicted octanol–water partition coefficient (Wildman–Crippen LogP) is 0.260. The number of rotatable bonds is 4. The molecular weight excluding hydrogens is 192 g/mol. The van der Waals surface area contributed by atoms with Gasteiger partial charge in [0, 0.05) is 32.4 Å². The lowest BCUT2D eigenvalue weighted by Gasteiger charge is -2.03. The fourth-order valence-electron chi connectivity index (χ4n) is 1.21. The lowest BCUT2D eigenvalue weighted by atomic mass is 10.4. The van der Waals surface area contributed by atoms with Gasteiger partial charge in [0.15, 0.2) is 0 Å². The first-order chi connectivity index (χ1) is 7.36. The third-order valence-corrected chi connectivity index (χ3v) is 2.00. The molecule has 6 heteroatoms. The van der Waals surface area contributed by atoms with Gasteiger partial charge in [0.25, 0.3) is 0 Å². The van der Waals surface area contributed by atoms with E-state index in [4.69, 9.17) is 0 Å². The smallest absolute Gasteiger partial charge is 0.222 e. The van der Waals surface area contributed by atoms with E-state index >= 15 is 0 Å². The summed E-state index contributed by atoms with van der Waals surface area (Å²) in [6.07, 6.45) is 5.90. The molecule has 0 aliphatic carbocycles. The minimum Gasteiger partial charge on any atom is -0.354 e. The van der Waals surface area contributed by atoms with Crippen molar-refractivity contribution in [1.82, 2.24) is 24.7 Å². The second-order valence-electron chi connectivity index (χ2n) is 3.11. The van der Waals surface area contributed by atoms with E-state index in [0.29, 0.717) is 5.95 Å². The van der Waals surface area contributed by atoms with Crippen LogP contribution >= 0.6 is 0 Å². The van der Waals surface area contributed by atoms with Crippen molar-refractivity contribution in [1.29, 1.82) is 0 Å². The summed E-state index contributed by atoms with van der Waals surface area (Å²) in [5.74, 6) is 1.58. The van der Waals surface area contributed by atoms with Gasteiger partial charge in [-0.15, -0.1) is 10.2 Å². The monoisotopic (exact) mass is 204 g/mol. The number of nitrogens with one attached hydrogen (secondary N) is 1. The fraction of sp³-hybridized carbons (Fsp3) is 0.333. The van der Waals surface area contributed by atoms with Gasteiger partial charge in [0.1, 0.15) is 12.2 Å². The van der Waals surface area contributed by atoms with Crippen molar-refractivity contribution in [3.8, 4) is 0 Å². The highest BCUT2D eigenvalue weighted by Crippen LogP contribution is 1.96. The molecule has 0 fully saturated rings. The molecule has 0 saturated heterocycles. The molecule has 0 bridgehead atoms. The molecule has 2 heterocycles. The van der Waals surface area contributed by atoms with Crippen molar-refractivity contribution in [3.63, 3.8) is 0 Å². The molecule has 2 aromatic heterocycles. The van der Waals surface area contributed by atoms with Crippen LogP contribution in [0.15, 0.2) is 24.8 Å². The first-order valence-electron chi connectivity index (χ1n) is 4.70. The number of nitrogens with zero attached hydrogens (tertiary/aromatic N) is 5. The molecule has 0 unspecified atom stereocenters. The summed E-state index contributed by atoms with van der Waals surface area (Å²) in [5.41, 5.74) is 0. The Bertz CT molecular complexity index is 410.